The van der Waals surface area contributed by atoms with E-state index >= 15 is 0 Å². The summed E-state index contributed by atoms with van der Waals surface area (Å²) in [6, 6.07) is 22.3. The molecule has 3 aromatic carbocycles. The SMILES string of the molecule is O=C(O)Cn1c2c(c3ccccc31)CC1(O)C3Cc4ccc(OCc5ccccc5)c5c4C1(CCN3CC1CC1)C2O5. The highest BCUT2D eigenvalue weighted by molar-refractivity contribution is 5.88. The molecule has 7 heteroatoms. The minimum absolute atomic E-state index is 0.0257. The van der Waals surface area contributed by atoms with Crippen LogP contribution in [0.2, 0.25) is 0 Å². The summed E-state index contributed by atoms with van der Waals surface area (Å²) in [5, 5.41) is 24.2. The lowest BCUT2D eigenvalue weighted by Gasteiger charge is -2.63. The Labute approximate surface area is 244 Å². The number of benzene rings is 3. The van der Waals surface area contributed by atoms with Gasteiger partial charge in [-0.2, -0.15) is 0 Å². The average molecular weight is 563 g/mol. The van der Waals surface area contributed by atoms with Crippen LogP contribution in [0.25, 0.3) is 10.9 Å². The molecular weight excluding hydrogens is 528 g/mol. The number of carboxylic acids is 1. The van der Waals surface area contributed by atoms with E-state index in [1.165, 1.54) is 18.4 Å². The first-order valence-electron chi connectivity index (χ1n) is 15.3. The zero-order valence-electron chi connectivity index (χ0n) is 23.5. The van der Waals surface area contributed by atoms with Crippen LogP contribution in [-0.2, 0) is 36.2 Å². The molecule has 42 heavy (non-hydrogen) atoms. The van der Waals surface area contributed by atoms with Crippen LogP contribution in [0.1, 0.15) is 53.3 Å². The largest absolute Gasteiger partial charge is 0.485 e. The summed E-state index contributed by atoms with van der Waals surface area (Å²) >= 11 is 0. The Morgan fingerprint density at radius 1 is 1.05 bits per heavy atom. The third kappa shape index (κ3) is 3.21. The minimum Gasteiger partial charge on any atom is -0.485 e. The van der Waals surface area contributed by atoms with Gasteiger partial charge in [-0.05, 0) is 67.0 Å². The molecule has 1 saturated heterocycles. The summed E-state index contributed by atoms with van der Waals surface area (Å²) < 4.78 is 15.4. The number of piperidine rings is 1. The molecule has 5 aliphatic rings. The number of hydrogen-bond donors (Lipinski definition) is 2. The topological polar surface area (TPSA) is 84.2 Å². The Hall–Kier alpha value is -3.81. The molecule has 1 spiro atoms. The summed E-state index contributed by atoms with van der Waals surface area (Å²) in [5.41, 5.74) is 4.46. The second kappa shape index (κ2) is 8.62. The Morgan fingerprint density at radius 2 is 1.86 bits per heavy atom. The van der Waals surface area contributed by atoms with E-state index in [0.717, 1.165) is 70.9 Å². The van der Waals surface area contributed by atoms with Crippen LogP contribution in [0.15, 0.2) is 66.7 Å². The molecule has 7 nitrogen and oxygen atoms in total. The summed E-state index contributed by atoms with van der Waals surface area (Å²) in [5.74, 6) is 1.24. The first-order chi connectivity index (χ1) is 20.5. The van der Waals surface area contributed by atoms with Gasteiger partial charge in [0, 0.05) is 35.5 Å². The molecule has 0 radical (unpaired) electrons. The van der Waals surface area contributed by atoms with Gasteiger partial charge < -0.3 is 24.3 Å². The number of carbonyl (C=O) groups is 1. The first-order valence-corrected chi connectivity index (χ1v) is 15.3. The van der Waals surface area contributed by atoms with E-state index in [9.17, 15) is 15.0 Å². The number of carboxylic acid groups (broad SMARTS) is 1. The Kier molecular flexibility index (Phi) is 5.08. The molecule has 3 heterocycles. The van der Waals surface area contributed by atoms with Crippen molar-refractivity contribution in [2.45, 2.75) is 68.4 Å². The lowest BCUT2D eigenvalue weighted by Crippen LogP contribution is -2.74. The number of aliphatic hydroxyl groups is 1. The first kappa shape index (κ1) is 24.8. The van der Waals surface area contributed by atoms with Gasteiger partial charge in [0.25, 0.3) is 0 Å². The minimum atomic E-state index is -1.05. The van der Waals surface area contributed by atoms with Crippen molar-refractivity contribution in [1.29, 1.82) is 0 Å². The maximum atomic E-state index is 13.2. The molecule has 2 fully saturated rings. The van der Waals surface area contributed by atoms with E-state index < -0.39 is 23.1 Å². The third-order valence-corrected chi connectivity index (χ3v) is 10.8. The van der Waals surface area contributed by atoms with E-state index in [1.807, 2.05) is 59.2 Å². The number of fused-ring (bicyclic) bond motifs is 4. The standard InChI is InChI=1S/C35H34N2O5/c38-29(39)19-37-26-9-5-4-8-24(26)25-17-35(40)28-16-23-12-13-27(41-20-22-6-2-1-3-7-22)32-30(23)34(35,33(42-32)31(25)37)14-15-36(28)18-21-10-11-21/h1-9,12-13,21,28,33,40H,10-11,14-20H2,(H,38,39). The number of likely N-dealkylation sites (tertiary alicyclic amines) is 1. The maximum Gasteiger partial charge on any atom is 0.323 e. The maximum absolute atomic E-state index is 13.2. The Morgan fingerprint density at radius 3 is 2.67 bits per heavy atom. The lowest BCUT2D eigenvalue weighted by molar-refractivity contribution is -0.173. The lowest BCUT2D eigenvalue weighted by atomic mass is 9.49. The number of hydrogen-bond acceptors (Lipinski definition) is 5. The molecule has 1 saturated carbocycles. The monoisotopic (exact) mass is 562 g/mol. The zero-order chi connectivity index (χ0) is 28.2. The van der Waals surface area contributed by atoms with Crippen molar-refractivity contribution in [2.24, 2.45) is 5.92 Å². The number of nitrogens with zero attached hydrogens (tertiary/aromatic N) is 2. The molecule has 2 N–H and O–H groups in total. The van der Waals surface area contributed by atoms with Crippen molar-refractivity contribution >= 4 is 16.9 Å². The van der Waals surface area contributed by atoms with Crippen LogP contribution in [-0.4, -0.2) is 50.4 Å². The fourth-order valence-electron chi connectivity index (χ4n) is 8.95. The van der Waals surface area contributed by atoms with Crippen molar-refractivity contribution < 1.29 is 24.5 Å². The average Bonchev–Trinajstić information content (AvgIpc) is 3.67. The number of ether oxygens (including phenoxy) is 2. The molecule has 4 atom stereocenters. The molecular formula is C35H34N2O5. The summed E-state index contributed by atoms with van der Waals surface area (Å²) in [7, 11) is 0. The predicted molar refractivity (Wildman–Crippen MR) is 157 cm³/mol. The third-order valence-electron chi connectivity index (χ3n) is 10.8. The second-order valence-corrected chi connectivity index (χ2v) is 13.0. The highest BCUT2D eigenvalue weighted by Crippen LogP contribution is 2.69. The van der Waals surface area contributed by atoms with Gasteiger partial charge >= 0.3 is 5.97 Å². The second-order valence-electron chi connectivity index (χ2n) is 13.0. The number of para-hydroxylation sites is 1. The van der Waals surface area contributed by atoms with Crippen LogP contribution >= 0.6 is 0 Å². The van der Waals surface area contributed by atoms with Gasteiger partial charge in [-0.1, -0.05) is 54.6 Å². The molecule has 9 rings (SSSR count). The van der Waals surface area contributed by atoms with E-state index in [4.69, 9.17) is 9.47 Å². The van der Waals surface area contributed by atoms with Crippen LogP contribution in [0, 0.1) is 5.92 Å². The van der Waals surface area contributed by atoms with Crippen LogP contribution in [0.5, 0.6) is 11.5 Å². The highest BCUT2D eigenvalue weighted by Gasteiger charge is 2.73. The molecule has 4 aromatic rings. The fourth-order valence-corrected chi connectivity index (χ4v) is 8.95. The van der Waals surface area contributed by atoms with Gasteiger partial charge in [0.15, 0.2) is 17.6 Å². The fraction of sp³-hybridized carbons (Fsp3) is 0.400. The van der Waals surface area contributed by atoms with Crippen molar-refractivity contribution in [3.05, 3.63) is 94.7 Å². The van der Waals surface area contributed by atoms with E-state index in [0.29, 0.717) is 18.8 Å². The summed E-state index contributed by atoms with van der Waals surface area (Å²) in [6.07, 6.45) is 4.05. The van der Waals surface area contributed by atoms with E-state index in [-0.39, 0.29) is 12.6 Å². The van der Waals surface area contributed by atoms with Gasteiger partial charge in [0.1, 0.15) is 13.2 Å². The Balaban J connectivity index is 1.26. The van der Waals surface area contributed by atoms with Gasteiger partial charge in [0.2, 0.25) is 0 Å². The molecule has 2 aliphatic heterocycles. The van der Waals surface area contributed by atoms with Crippen LogP contribution < -0.4 is 9.47 Å². The molecule has 2 bridgehead atoms. The van der Waals surface area contributed by atoms with Crippen molar-refractivity contribution in [1.82, 2.24) is 9.47 Å². The predicted octanol–water partition coefficient (Wildman–Crippen LogP) is 5.00. The van der Waals surface area contributed by atoms with Crippen molar-refractivity contribution in [2.75, 3.05) is 13.1 Å². The number of rotatable bonds is 7. The van der Waals surface area contributed by atoms with E-state index in [2.05, 4.69) is 17.0 Å². The quantitative estimate of drug-likeness (QED) is 0.330. The van der Waals surface area contributed by atoms with Gasteiger partial charge in [-0.15, -0.1) is 0 Å². The number of aliphatic carboxylic acids is 1. The molecule has 0 amide bonds. The smallest absolute Gasteiger partial charge is 0.323 e. The number of aromatic nitrogens is 1. The van der Waals surface area contributed by atoms with Crippen LogP contribution in [0.4, 0.5) is 0 Å². The Bertz CT molecular complexity index is 1760. The van der Waals surface area contributed by atoms with Gasteiger partial charge in [-0.3, -0.25) is 9.69 Å². The van der Waals surface area contributed by atoms with Crippen molar-refractivity contribution in [3.63, 3.8) is 0 Å². The molecule has 4 unspecified atom stereocenters. The van der Waals surface area contributed by atoms with Crippen molar-refractivity contribution in [3.8, 4) is 11.5 Å². The van der Waals surface area contributed by atoms with Gasteiger partial charge in [-0.25, -0.2) is 0 Å². The molecule has 3 aliphatic carbocycles. The van der Waals surface area contributed by atoms with Gasteiger partial charge in [0.05, 0.1) is 16.7 Å². The molecule has 214 valence electrons. The molecule has 1 aromatic heterocycles. The van der Waals surface area contributed by atoms with Crippen LogP contribution in [0.3, 0.4) is 0 Å². The summed E-state index contributed by atoms with van der Waals surface area (Å²) in [4.78, 5) is 14.8. The highest BCUT2D eigenvalue weighted by atomic mass is 16.5. The van der Waals surface area contributed by atoms with E-state index in [1.54, 1.807) is 0 Å². The zero-order valence-corrected chi connectivity index (χ0v) is 23.5. The summed E-state index contributed by atoms with van der Waals surface area (Å²) in [6.45, 7) is 2.19. The normalized spacial score (nSPS) is 28.7.